The first kappa shape index (κ1) is 17.3. The minimum absolute atomic E-state index is 0.132. The van der Waals surface area contributed by atoms with Crippen molar-refractivity contribution in [2.45, 2.75) is 96.9 Å². The Morgan fingerprint density at radius 2 is 1.45 bits per heavy atom. The smallest absolute Gasteiger partial charge is 0.129 e. The van der Waals surface area contributed by atoms with E-state index in [4.69, 9.17) is 0 Å². The quantitative estimate of drug-likeness (QED) is 0.523. The third-order valence-corrected chi connectivity index (χ3v) is 4.20. The molecule has 0 saturated carbocycles. The highest BCUT2D eigenvalue weighted by atomic mass is 15.8. The van der Waals surface area contributed by atoms with Crippen molar-refractivity contribution in [2.24, 2.45) is 5.10 Å². The van der Waals surface area contributed by atoms with Gasteiger partial charge in [-0.25, -0.2) is 5.53 Å². The van der Waals surface area contributed by atoms with Crippen molar-refractivity contribution in [2.75, 3.05) is 0 Å². The van der Waals surface area contributed by atoms with Gasteiger partial charge >= 0.3 is 0 Å². The van der Waals surface area contributed by atoms with Crippen molar-refractivity contribution in [3.05, 3.63) is 0 Å². The summed E-state index contributed by atoms with van der Waals surface area (Å²) in [7, 11) is 0. The number of unbranched alkanes of at least 4 members (excludes halogenated alkanes) is 9. The zero-order chi connectivity index (χ0) is 14.7. The van der Waals surface area contributed by atoms with Crippen LogP contribution in [0.5, 0.6) is 0 Å². The highest BCUT2D eigenvalue weighted by Gasteiger charge is 2.25. The number of hydrogen-bond acceptors (Lipinski definition) is 4. The summed E-state index contributed by atoms with van der Waals surface area (Å²) in [5.41, 5.74) is 5.94. The fraction of sp³-hybridized carbons (Fsp3) is 0.938. The Labute approximate surface area is 125 Å². The van der Waals surface area contributed by atoms with E-state index in [1.165, 1.54) is 70.6 Å². The maximum atomic E-state index is 3.97. The molecule has 0 spiro atoms. The van der Waals surface area contributed by atoms with Crippen LogP contribution in [0.4, 0.5) is 0 Å². The number of hydrazone groups is 1. The molecule has 2 N–H and O–H groups in total. The van der Waals surface area contributed by atoms with Gasteiger partial charge in [0.25, 0.3) is 0 Å². The molecular formula is C16H34N4. The third kappa shape index (κ3) is 7.13. The van der Waals surface area contributed by atoms with Gasteiger partial charge in [-0.15, -0.1) is 5.53 Å². The summed E-state index contributed by atoms with van der Waals surface area (Å²) in [5, 5.41) is 6.03. The molecule has 0 unspecified atom stereocenters. The molecule has 0 aromatic carbocycles. The van der Waals surface area contributed by atoms with Crippen molar-refractivity contribution >= 4 is 6.34 Å². The summed E-state index contributed by atoms with van der Waals surface area (Å²) in [6, 6.07) is 0. The van der Waals surface area contributed by atoms with Gasteiger partial charge in [0.1, 0.15) is 6.34 Å². The van der Waals surface area contributed by atoms with E-state index in [2.05, 4.69) is 42.0 Å². The van der Waals surface area contributed by atoms with Crippen LogP contribution in [0.25, 0.3) is 0 Å². The first-order chi connectivity index (χ1) is 9.67. The van der Waals surface area contributed by atoms with Crippen LogP contribution in [0, 0.1) is 0 Å². The van der Waals surface area contributed by atoms with Crippen LogP contribution < -0.4 is 11.1 Å². The average molecular weight is 282 g/mol. The summed E-state index contributed by atoms with van der Waals surface area (Å²) in [4.78, 5) is 0. The van der Waals surface area contributed by atoms with Gasteiger partial charge in [-0.1, -0.05) is 71.1 Å². The first-order valence-electron chi connectivity index (χ1n) is 8.50. The molecule has 1 rings (SSSR count). The third-order valence-electron chi connectivity index (χ3n) is 4.20. The number of nitrogens with one attached hydrogen (secondary N) is 2. The SMILES string of the molecule is CCCCCCCCCCCCC(C)(C)N1C=NNN1. The molecule has 0 aromatic rings. The van der Waals surface area contributed by atoms with Crippen LogP contribution in [0.3, 0.4) is 0 Å². The molecule has 0 bridgehead atoms. The molecule has 0 aliphatic carbocycles. The molecule has 4 nitrogen and oxygen atoms in total. The summed E-state index contributed by atoms with van der Waals surface area (Å²) in [5.74, 6) is 0. The van der Waals surface area contributed by atoms with E-state index in [1.807, 2.05) is 6.34 Å². The number of rotatable bonds is 12. The average Bonchev–Trinajstić information content (AvgIpc) is 2.96. The zero-order valence-electron chi connectivity index (χ0n) is 13.7. The Morgan fingerprint density at radius 1 is 0.900 bits per heavy atom. The molecule has 20 heavy (non-hydrogen) atoms. The van der Waals surface area contributed by atoms with Crippen molar-refractivity contribution in [1.82, 2.24) is 16.1 Å². The standard InChI is InChI=1S/C16H34N4/c1-4-5-6-7-8-9-10-11-12-13-14-16(2,3)20-15-17-18-19-20/h15,18-19H,4-14H2,1-3H3. The van der Waals surface area contributed by atoms with E-state index in [0.29, 0.717) is 0 Å². The zero-order valence-corrected chi connectivity index (χ0v) is 13.7. The Kier molecular flexibility index (Phi) is 8.67. The molecule has 1 aliphatic heterocycles. The molecule has 1 heterocycles. The van der Waals surface area contributed by atoms with Crippen LogP contribution in [0.2, 0.25) is 0 Å². The fourth-order valence-corrected chi connectivity index (χ4v) is 2.67. The van der Waals surface area contributed by atoms with E-state index in [9.17, 15) is 0 Å². The lowest BCUT2D eigenvalue weighted by atomic mass is 9.95. The largest absolute Gasteiger partial charge is 0.272 e. The minimum Gasteiger partial charge on any atom is -0.272 e. The van der Waals surface area contributed by atoms with E-state index >= 15 is 0 Å². The van der Waals surface area contributed by atoms with Crippen molar-refractivity contribution in [1.29, 1.82) is 0 Å². The van der Waals surface area contributed by atoms with Crippen LogP contribution in [-0.4, -0.2) is 16.9 Å². The first-order valence-corrected chi connectivity index (χ1v) is 8.50. The van der Waals surface area contributed by atoms with E-state index in [-0.39, 0.29) is 5.54 Å². The monoisotopic (exact) mass is 282 g/mol. The topological polar surface area (TPSA) is 39.7 Å². The number of nitrogens with zero attached hydrogens (tertiary/aromatic N) is 2. The van der Waals surface area contributed by atoms with Gasteiger partial charge in [0.15, 0.2) is 0 Å². The van der Waals surface area contributed by atoms with Gasteiger partial charge in [0.2, 0.25) is 0 Å². The van der Waals surface area contributed by atoms with Gasteiger partial charge in [-0.05, 0) is 20.3 Å². The molecule has 0 saturated heterocycles. The Hall–Kier alpha value is -0.770. The predicted molar refractivity (Wildman–Crippen MR) is 87.1 cm³/mol. The number of hydrazine groups is 2. The normalized spacial score (nSPS) is 14.8. The van der Waals surface area contributed by atoms with Crippen molar-refractivity contribution in [3.63, 3.8) is 0 Å². The Morgan fingerprint density at radius 3 is 1.95 bits per heavy atom. The Balaban J connectivity index is 1.90. The van der Waals surface area contributed by atoms with Crippen LogP contribution in [0.1, 0.15) is 91.4 Å². The summed E-state index contributed by atoms with van der Waals surface area (Å²) >= 11 is 0. The van der Waals surface area contributed by atoms with Crippen LogP contribution in [-0.2, 0) is 0 Å². The molecule has 118 valence electrons. The molecule has 0 aromatic heterocycles. The highest BCUT2D eigenvalue weighted by Crippen LogP contribution is 2.21. The van der Waals surface area contributed by atoms with E-state index < -0.39 is 0 Å². The summed E-state index contributed by atoms with van der Waals surface area (Å²) < 4.78 is 0. The number of hydrogen-bond donors (Lipinski definition) is 2. The molecule has 0 atom stereocenters. The molecule has 1 aliphatic rings. The molecule has 4 heteroatoms. The summed E-state index contributed by atoms with van der Waals surface area (Å²) in [6.07, 6.45) is 17.0. The van der Waals surface area contributed by atoms with Gasteiger partial charge in [0.05, 0.1) is 5.54 Å². The predicted octanol–water partition coefficient (Wildman–Crippen LogP) is 4.34. The lowest BCUT2D eigenvalue weighted by molar-refractivity contribution is 0.137. The van der Waals surface area contributed by atoms with E-state index in [0.717, 1.165) is 0 Å². The molecular weight excluding hydrogens is 248 g/mol. The molecule has 0 fully saturated rings. The molecule has 0 radical (unpaired) electrons. The maximum absolute atomic E-state index is 3.97. The van der Waals surface area contributed by atoms with E-state index in [1.54, 1.807) is 0 Å². The second kappa shape index (κ2) is 10.0. The second-order valence-corrected chi connectivity index (χ2v) is 6.58. The Bertz CT molecular complexity index is 263. The van der Waals surface area contributed by atoms with Gasteiger partial charge in [0, 0.05) is 0 Å². The highest BCUT2D eigenvalue weighted by molar-refractivity contribution is 5.56. The lowest BCUT2D eigenvalue weighted by Crippen LogP contribution is -2.50. The summed E-state index contributed by atoms with van der Waals surface area (Å²) in [6.45, 7) is 6.79. The van der Waals surface area contributed by atoms with Gasteiger partial charge < -0.3 is 0 Å². The maximum Gasteiger partial charge on any atom is 0.129 e. The van der Waals surface area contributed by atoms with Crippen LogP contribution in [0.15, 0.2) is 5.10 Å². The van der Waals surface area contributed by atoms with Crippen molar-refractivity contribution < 1.29 is 0 Å². The fourth-order valence-electron chi connectivity index (χ4n) is 2.67. The minimum atomic E-state index is 0.132. The van der Waals surface area contributed by atoms with Gasteiger partial charge in [-0.3, -0.25) is 5.01 Å². The van der Waals surface area contributed by atoms with Crippen molar-refractivity contribution in [3.8, 4) is 0 Å². The van der Waals surface area contributed by atoms with Crippen LogP contribution >= 0.6 is 0 Å². The lowest BCUT2D eigenvalue weighted by Gasteiger charge is -2.33. The molecule has 0 amide bonds. The second-order valence-electron chi connectivity index (χ2n) is 6.58. The van der Waals surface area contributed by atoms with Gasteiger partial charge in [-0.2, -0.15) is 5.10 Å².